The SMILES string of the molecule is Cc1cc(C)c(NC(=O)CN(Cc2ccc(Cl)cc2)S(=O)(=O)c2ccc(Cl)cc2)c(C)c1. The third kappa shape index (κ3) is 5.90. The highest BCUT2D eigenvalue weighted by atomic mass is 35.5. The Kier molecular flexibility index (Phi) is 7.62. The van der Waals surface area contributed by atoms with Gasteiger partial charge in [-0.1, -0.05) is 53.0 Å². The number of rotatable bonds is 7. The lowest BCUT2D eigenvalue weighted by Crippen LogP contribution is -2.37. The van der Waals surface area contributed by atoms with Gasteiger partial charge in [-0.25, -0.2) is 8.42 Å². The molecule has 1 amide bonds. The number of carbonyl (C=O) groups excluding carboxylic acids is 1. The van der Waals surface area contributed by atoms with Crippen LogP contribution >= 0.6 is 23.2 Å². The van der Waals surface area contributed by atoms with Gasteiger partial charge in [0.25, 0.3) is 0 Å². The number of halogens is 2. The summed E-state index contributed by atoms with van der Waals surface area (Å²) < 4.78 is 27.9. The topological polar surface area (TPSA) is 66.5 Å². The molecule has 0 aliphatic carbocycles. The van der Waals surface area contributed by atoms with Crippen molar-refractivity contribution in [2.24, 2.45) is 0 Å². The summed E-state index contributed by atoms with van der Waals surface area (Å²) in [6.45, 7) is 5.47. The summed E-state index contributed by atoms with van der Waals surface area (Å²) in [5.41, 5.74) is 4.33. The van der Waals surface area contributed by atoms with Crippen LogP contribution in [-0.2, 0) is 21.4 Å². The van der Waals surface area contributed by atoms with Crippen LogP contribution in [0.25, 0.3) is 0 Å². The number of hydrogen-bond acceptors (Lipinski definition) is 3. The number of hydrogen-bond donors (Lipinski definition) is 1. The molecule has 0 aromatic heterocycles. The predicted octanol–water partition coefficient (Wildman–Crippen LogP) is 5.75. The van der Waals surface area contributed by atoms with Crippen LogP contribution in [0.4, 0.5) is 5.69 Å². The lowest BCUT2D eigenvalue weighted by Gasteiger charge is -2.23. The van der Waals surface area contributed by atoms with E-state index in [0.29, 0.717) is 21.3 Å². The van der Waals surface area contributed by atoms with Gasteiger partial charge in [0.15, 0.2) is 0 Å². The maximum absolute atomic E-state index is 13.4. The van der Waals surface area contributed by atoms with E-state index in [-0.39, 0.29) is 18.0 Å². The highest BCUT2D eigenvalue weighted by molar-refractivity contribution is 7.89. The highest BCUT2D eigenvalue weighted by Gasteiger charge is 2.27. The summed E-state index contributed by atoms with van der Waals surface area (Å²) in [5, 5.41) is 3.85. The fraction of sp³-hybridized carbons (Fsp3) is 0.208. The van der Waals surface area contributed by atoms with Crippen molar-refractivity contribution in [3.8, 4) is 0 Å². The fourth-order valence-corrected chi connectivity index (χ4v) is 5.13. The monoisotopic (exact) mass is 490 g/mol. The molecule has 0 aliphatic rings. The van der Waals surface area contributed by atoms with Gasteiger partial charge in [0, 0.05) is 22.3 Å². The standard InChI is InChI=1S/C24H24Cl2N2O3S/c1-16-12-17(2)24(18(3)13-16)27-23(29)15-28(14-19-4-6-20(25)7-5-19)32(30,31)22-10-8-21(26)9-11-22/h4-13H,14-15H2,1-3H3,(H,27,29). The molecule has 5 nitrogen and oxygen atoms in total. The number of sulfonamides is 1. The van der Waals surface area contributed by atoms with Gasteiger partial charge in [0.05, 0.1) is 11.4 Å². The van der Waals surface area contributed by atoms with Gasteiger partial charge in [-0.05, 0) is 73.9 Å². The number of amides is 1. The molecule has 3 aromatic rings. The van der Waals surface area contributed by atoms with Crippen molar-refractivity contribution in [1.82, 2.24) is 4.31 Å². The molecule has 0 radical (unpaired) electrons. The van der Waals surface area contributed by atoms with Crippen LogP contribution in [0.15, 0.2) is 65.6 Å². The zero-order valence-electron chi connectivity index (χ0n) is 18.0. The molecular formula is C24H24Cl2N2O3S. The summed E-state index contributed by atoms with van der Waals surface area (Å²) >= 11 is 11.9. The van der Waals surface area contributed by atoms with Crippen LogP contribution in [0.2, 0.25) is 10.0 Å². The minimum absolute atomic E-state index is 0.0153. The van der Waals surface area contributed by atoms with E-state index < -0.39 is 15.9 Å². The minimum Gasteiger partial charge on any atom is -0.324 e. The number of aryl methyl sites for hydroxylation is 3. The third-order valence-electron chi connectivity index (χ3n) is 4.99. The van der Waals surface area contributed by atoms with Gasteiger partial charge in [-0.2, -0.15) is 4.31 Å². The van der Waals surface area contributed by atoms with Gasteiger partial charge in [-0.3, -0.25) is 4.79 Å². The Labute approximate surface area is 199 Å². The number of anilines is 1. The summed E-state index contributed by atoms with van der Waals surface area (Å²) in [7, 11) is -3.96. The molecule has 1 N–H and O–H groups in total. The molecule has 168 valence electrons. The first-order valence-corrected chi connectivity index (χ1v) is 12.1. The van der Waals surface area contributed by atoms with Crippen LogP contribution in [0, 0.1) is 20.8 Å². The van der Waals surface area contributed by atoms with Gasteiger partial charge in [0.2, 0.25) is 15.9 Å². The highest BCUT2D eigenvalue weighted by Crippen LogP contribution is 2.24. The van der Waals surface area contributed by atoms with Gasteiger partial charge in [-0.15, -0.1) is 0 Å². The second-order valence-corrected chi connectivity index (χ2v) is 10.5. The first-order valence-electron chi connectivity index (χ1n) is 9.94. The Balaban J connectivity index is 1.90. The quantitative estimate of drug-likeness (QED) is 0.458. The number of benzene rings is 3. The van der Waals surface area contributed by atoms with Crippen molar-refractivity contribution in [3.63, 3.8) is 0 Å². The van der Waals surface area contributed by atoms with Crippen molar-refractivity contribution in [2.75, 3.05) is 11.9 Å². The molecular weight excluding hydrogens is 467 g/mol. The lowest BCUT2D eigenvalue weighted by atomic mass is 10.1. The molecule has 0 aliphatic heterocycles. The lowest BCUT2D eigenvalue weighted by molar-refractivity contribution is -0.116. The van der Waals surface area contributed by atoms with E-state index in [4.69, 9.17) is 23.2 Å². The molecule has 0 unspecified atom stereocenters. The molecule has 0 atom stereocenters. The van der Waals surface area contributed by atoms with E-state index >= 15 is 0 Å². The first-order chi connectivity index (χ1) is 15.1. The van der Waals surface area contributed by atoms with E-state index in [1.807, 2.05) is 32.9 Å². The van der Waals surface area contributed by atoms with Crippen molar-refractivity contribution in [2.45, 2.75) is 32.2 Å². The van der Waals surface area contributed by atoms with Crippen LogP contribution in [0.5, 0.6) is 0 Å². The van der Waals surface area contributed by atoms with Crippen molar-refractivity contribution in [3.05, 3.63) is 93.0 Å². The van der Waals surface area contributed by atoms with Crippen molar-refractivity contribution >= 4 is 44.8 Å². The van der Waals surface area contributed by atoms with E-state index in [1.165, 1.54) is 24.3 Å². The zero-order valence-corrected chi connectivity index (χ0v) is 20.4. The molecule has 0 bridgehead atoms. The second kappa shape index (κ2) is 10.0. The van der Waals surface area contributed by atoms with E-state index in [1.54, 1.807) is 24.3 Å². The summed E-state index contributed by atoms with van der Waals surface area (Å²) in [6, 6.07) is 16.7. The molecule has 3 rings (SSSR count). The maximum Gasteiger partial charge on any atom is 0.243 e. The molecule has 32 heavy (non-hydrogen) atoms. The molecule has 0 saturated heterocycles. The minimum atomic E-state index is -3.96. The average molecular weight is 491 g/mol. The Morgan fingerprint density at radius 1 is 0.875 bits per heavy atom. The Morgan fingerprint density at radius 3 is 1.91 bits per heavy atom. The number of nitrogens with zero attached hydrogens (tertiary/aromatic N) is 1. The second-order valence-electron chi connectivity index (χ2n) is 7.68. The van der Waals surface area contributed by atoms with Crippen molar-refractivity contribution < 1.29 is 13.2 Å². The summed E-state index contributed by atoms with van der Waals surface area (Å²) in [6.07, 6.45) is 0. The molecule has 8 heteroatoms. The van der Waals surface area contributed by atoms with E-state index in [2.05, 4.69) is 5.32 Å². The molecule has 0 fully saturated rings. The predicted molar refractivity (Wildman–Crippen MR) is 130 cm³/mol. The largest absolute Gasteiger partial charge is 0.324 e. The van der Waals surface area contributed by atoms with Gasteiger partial charge >= 0.3 is 0 Å². The van der Waals surface area contributed by atoms with Crippen LogP contribution in [0.1, 0.15) is 22.3 Å². The van der Waals surface area contributed by atoms with Gasteiger partial charge < -0.3 is 5.32 Å². The third-order valence-corrected chi connectivity index (χ3v) is 7.29. The summed E-state index contributed by atoms with van der Waals surface area (Å²) in [5.74, 6) is -0.424. The van der Waals surface area contributed by atoms with Crippen molar-refractivity contribution in [1.29, 1.82) is 0 Å². The Morgan fingerprint density at radius 2 is 1.38 bits per heavy atom. The fourth-order valence-electron chi connectivity index (χ4n) is 3.49. The average Bonchev–Trinajstić information content (AvgIpc) is 2.72. The van der Waals surface area contributed by atoms with Crippen LogP contribution in [0.3, 0.4) is 0 Å². The Hall–Kier alpha value is -2.38. The van der Waals surface area contributed by atoms with E-state index in [9.17, 15) is 13.2 Å². The number of carbonyl (C=O) groups is 1. The smallest absolute Gasteiger partial charge is 0.243 e. The Bertz CT molecular complexity index is 1200. The molecule has 3 aromatic carbocycles. The molecule has 0 spiro atoms. The number of nitrogens with one attached hydrogen (secondary N) is 1. The van der Waals surface area contributed by atoms with Crippen LogP contribution < -0.4 is 5.32 Å². The van der Waals surface area contributed by atoms with Crippen LogP contribution in [-0.4, -0.2) is 25.2 Å². The molecule has 0 heterocycles. The van der Waals surface area contributed by atoms with E-state index in [0.717, 1.165) is 21.0 Å². The maximum atomic E-state index is 13.4. The summed E-state index contributed by atoms with van der Waals surface area (Å²) in [4.78, 5) is 13.0. The van der Waals surface area contributed by atoms with Gasteiger partial charge in [0.1, 0.15) is 0 Å². The molecule has 0 saturated carbocycles. The zero-order chi connectivity index (χ0) is 23.5. The first kappa shape index (κ1) is 24.3. The normalized spacial score (nSPS) is 11.6.